The number of nitrogens with zero attached hydrogens (tertiary/aromatic N) is 1. The lowest BCUT2D eigenvalue weighted by atomic mass is 10.1. The van der Waals surface area contributed by atoms with Crippen molar-refractivity contribution in [3.8, 4) is 11.5 Å². The van der Waals surface area contributed by atoms with Crippen LogP contribution in [0.2, 0.25) is 0 Å². The number of carbonyl (C=O) groups is 3. The van der Waals surface area contributed by atoms with Crippen LogP contribution in [0.15, 0.2) is 138 Å². The molecular weight excluding hydrogens is 612 g/mol. The van der Waals surface area contributed by atoms with Crippen molar-refractivity contribution in [1.82, 2.24) is 10.3 Å². The summed E-state index contributed by atoms with van der Waals surface area (Å²) in [7, 11) is 3.06. The Kier molecular flexibility index (Phi) is 11.0. The first-order chi connectivity index (χ1) is 22.9. The zero-order chi connectivity index (χ0) is 33.0. The highest BCUT2D eigenvalue weighted by Crippen LogP contribution is 2.36. The minimum Gasteiger partial charge on any atom is -0.493 e. The lowest BCUT2D eigenvalue weighted by Crippen LogP contribution is -2.30. The Morgan fingerprint density at radius 1 is 0.745 bits per heavy atom. The first kappa shape index (κ1) is 32.5. The topological polar surface area (TPSA) is 119 Å². The van der Waals surface area contributed by atoms with Gasteiger partial charge in [0.15, 0.2) is 11.5 Å². The van der Waals surface area contributed by atoms with Gasteiger partial charge >= 0.3 is 0 Å². The number of pyridine rings is 1. The van der Waals surface area contributed by atoms with Crippen LogP contribution in [0.25, 0.3) is 6.08 Å². The van der Waals surface area contributed by atoms with E-state index in [2.05, 4.69) is 20.9 Å². The third kappa shape index (κ3) is 8.86. The number of rotatable bonds is 12. The average Bonchev–Trinajstić information content (AvgIpc) is 3.12. The molecule has 0 saturated heterocycles. The summed E-state index contributed by atoms with van der Waals surface area (Å²) >= 11 is 1.37. The molecule has 1 unspecified atom stereocenters. The van der Waals surface area contributed by atoms with Crippen molar-refractivity contribution in [3.63, 3.8) is 0 Å². The number of ether oxygens (including phenoxy) is 2. The Morgan fingerprint density at radius 2 is 1.43 bits per heavy atom. The number of thioether (sulfide) groups is 1. The van der Waals surface area contributed by atoms with Crippen molar-refractivity contribution < 1.29 is 23.9 Å². The molecule has 0 bridgehead atoms. The molecule has 0 spiro atoms. The minimum absolute atomic E-state index is 0.0276. The summed E-state index contributed by atoms with van der Waals surface area (Å²) in [6, 6.07) is 35.7. The number of nitrogens with one attached hydrogen (secondary N) is 3. The minimum atomic E-state index is -0.553. The molecule has 0 aliphatic rings. The van der Waals surface area contributed by atoms with Crippen molar-refractivity contribution >= 4 is 47.1 Å². The number of hydrogen-bond acceptors (Lipinski definition) is 7. The lowest BCUT2D eigenvalue weighted by molar-refractivity contribution is -0.116. The van der Waals surface area contributed by atoms with Crippen molar-refractivity contribution in [1.29, 1.82) is 0 Å². The molecule has 0 fully saturated rings. The standard InChI is InChI=1S/C37H32N4O5S/c1-45-31-21-16-25(24-32(31)46-2)23-30(40-35(42)27-13-7-4-8-14-27)36(43)39-28-17-19-29(20-18-28)47-34(26-11-5-3-6-12-26)37(44)41-33-15-9-10-22-38-33/h3-24,34H,1-2H3,(H,39,43)(H,40,42)(H,38,41,44)/b30-23-. The van der Waals surface area contributed by atoms with Crippen LogP contribution in [0.1, 0.15) is 26.7 Å². The summed E-state index contributed by atoms with van der Waals surface area (Å²) in [5.74, 6) is 0.304. The summed E-state index contributed by atoms with van der Waals surface area (Å²) in [5.41, 5.74) is 2.38. The lowest BCUT2D eigenvalue weighted by Gasteiger charge is -2.17. The summed E-state index contributed by atoms with van der Waals surface area (Å²) < 4.78 is 10.7. The van der Waals surface area contributed by atoms with Gasteiger partial charge in [-0.3, -0.25) is 14.4 Å². The van der Waals surface area contributed by atoms with Gasteiger partial charge in [0.05, 0.1) is 14.2 Å². The van der Waals surface area contributed by atoms with Crippen LogP contribution in [0.5, 0.6) is 11.5 Å². The summed E-state index contributed by atoms with van der Waals surface area (Å²) in [5, 5.41) is 7.94. The van der Waals surface area contributed by atoms with Gasteiger partial charge < -0.3 is 25.4 Å². The van der Waals surface area contributed by atoms with E-state index in [1.807, 2.05) is 48.5 Å². The van der Waals surface area contributed by atoms with Crippen molar-refractivity contribution in [2.75, 3.05) is 24.9 Å². The van der Waals surface area contributed by atoms with Crippen LogP contribution < -0.4 is 25.4 Å². The second-order valence-electron chi connectivity index (χ2n) is 10.1. The van der Waals surface area contributed by atoms with E-state index in [9.17, 15) is 14.4 Å². The summed E-state index contributed by atoms with van der Waals surface area (Å²) in [4.78, 5) is 45.0. The predicted octanol–water partition coefficient (Wildman–Crippen LogP) is 6.98. The number of benzene rings is 4. The number of amides is 3. The van der Waals surface area contributed by atoms with Crippen molar-refractivity contribution in [3.05, 3.63) is 150 Å². The molecule has 9 nitrogen and oxygen atoms in total. The maximum Gasteiger partial charge on any atom is 0.272 e. The largest absolute Gasteiger partial charge is 0.493 e. The number of carbonyl (C=O) groups excluding carboxylic acids is 3. The molecular formula is C37H32N4O5S. The van der Waals surface area contributed by atoms with Gasteiger partial charge in [-0.25, -0.2) is 4.98 Å². The summed E-state index contributed by atoms with van der Waals surface area (Å²) in [6.07, 6.45) is 3.18. The van der Waals surface area contributed by atoms with Crippen LogP contribution in [0, 0.1) is 0 Å². The summed E-state index contributed by atoms with van der Waals surface area (Å²) in [6.45, 7) is 0. The molecule has 1 atom stereocenters. The molecule has 10 heteroatoms. The second kappa shape index (κ2) is 15.9. The Balaban J connectivity index is 1.35. The predicted molar refractivity (Wildman–Crippen MR) is 184 cm³/mol. The van der Waals surface area contributed by atoms with E-state index in [0.717, 1.165) is 10.5 Å². The van der Waals surface area contributed by atoms with Gasteiger partial charge in [0.1, 0.15) is 16.8 Å². The smallest absolute Gasteiger partial charge is 0.272 e. The molecule has 47 heavy (non-hydrogen) atoms. The normalized spacial score (nSPS) is 11.6. The SMILES string of the molecule is COc1ccc(/C=C(\NC(=O)c2ccccc2)C(=O)Nc2ccc(SC(C(=O)Nc3ccccn3)c3ccccc3)cc2)cc1OC. The Bertz CT molecular complexity index is 1850. The van der Waals surface area contributed by atoms with E-state index >= 15 is 0 Å². The van der Waals surface area contributed by atoms with Gasteiger partial charge in [-0.05, 0) is 77.9 Å². The van der Waals surface area contributed by atoms with Crippen molar-refractivity contribution in [2.24, 2.45) is 0 Å². The first-order valence-corrected chi connectivity index (χ1v) is 15.5. The van der Waals surface area contributed by atoms with E-state index in [-0.39, 0.29) is 11.6 Å². The maximum absolute atomic E-state index is 13.6. The number of aromatic nitrogens is 1. The zero-order valence-corrected chi connectivity index (χ0v) is 26.5. The van der Waals surface area contributed by atoms with Crippen LogP contribution in [0.4, 0.5) is 11.5 Å². The highest BCUT2D eigenvalue weighted by Gasteiger charge is 2.23. The van der Waals surface area contributed by atoms with E-state index < -0.39 is 17.1 Å². The molecule has 3 amide bonds. The maximum atomic E-state index is 13.6. The quantitative estimate of drug-likeness (QED) is 0.0991. The fourth-order valence-corrected chi connectivity index (χ4v) is 5.56. The number of anilines is 2. The molecule has 5 rings (SSSR count). The van der Waals surface area contributed by atoms with Crippen LogP contribution in [-0.4, -0.2) is 36.9 Å². The van der Waals surface area contributed by atoms with Gasteiger partial charge in [0.25, 0.3) is 11.8 Å². The molecule has 0 aliphatic heterocycles. The molecule has 3 N–H and O–H groups in total. The fourth-order valence-electron chi connectivity index (χ4n) is 4.53. The monoisotopic (exact) mass is 644 g/mol. The van der Waals surface area contributed by atoms with Gasteiger partial charge in [0.2, 0.25) is 5.91 Å². The molecule has 4 aromatic carbocycles. The van der Waals surface area contributed by atoms with Gasteiger partial charge in [0, 0.05) is 22.3 Å². The van der Waals surface area contributed by atoms with E-state index in [1.54, 1.807) is 85.1 Å². The van der Waals surface area contributed by atoms with E-state index in [0.29, 0.717) is 34.1 Å². The molecule has 5 aromatic rings. The number of hydrogen-bond donors (Lipinski definition) is 3. The van der Waals surface area contributed by atoms with Gasteiger partial charge in [-0.2, -0.15) is 0 Å². The van der Waals surface area contributed by atoms with Crippen LogP contribution >= 0.6 is 11.8 Å². The van der Waals surface area contributed by atoms with Crippen LogP contribution in [0.3, 0.4) is 0 Å². The molecule has 0 aliphatic carbocycles. The van der Waals surface area contributed by atoms with Crippen molar-refractivity contribution in [2.45, 2.75) is 10.1 Å². The average molecular weight is 645 g/mol. The first-order valence-electron chi connectivity index (χ1n) is 14.6. The molecule has 0 radical (unpaired) electrons. The van der Waals surface area contributed by atoms with E-state index in [4.69, 9.17) is 9.47 Å². The Morgan fingerprint density at radius 3 is 2.09 bits per heavy atom. The highest BCUT2D eigenvalue weighted by atomic mass is 32.2. The van der Waals surface area contributed by atoms with E-state index in [1.165, 1.54) is 26.0 Å². The Hall–Kier alpha value is -5.87. The molecule has 1 heterocycles. The van der Waals surface area contributed by atoms with Gasteiger partial charge in [-0.15, -0.1) is 11.8 Å². The fraction of sp³-hybridized carbons (Fsp3) is 0.0811. The molecule has 1 aromatic heterocycles. The second-order valence-corrected chi connectivity index (χ2v) is 11.3. The zero-order valence-electron chi connectivity index (χ0n) is 25.7. The third-order valence-corrected chi connectivity index (χ3v) is 8.14. The highest BCUT2D eigenvalue weighted by molar-refractivity contribution is 8.00. The number of methoxy groups -OCH3 is 2. The Labute approximate surface area is 277 Å². The van der Waals surface area contributed by atoms with Gasteiger partial charge in [-0.1, -0.05) is 60.7 Å². The molecule has 236 valence electrons. The molecule has 0 saturated carbocycles. The third-order valence-electron chi connectivity index (χ3n) is 6.87. The van der Waals surface area contributed by atoms with Crippen LogP contribution in [-0.2, 0) is 9.59 Å².